The minimum atomic E-state index is -1.000. The van der Waals surface area contributed by atoms with Crippen molar-refractivity contribution in [2.75, 3.05) is 7.05 Å². The summed E-state index contributed by atoms with van der Waals surface area (Å²) in [5, 5.41) is 5.86. The molecule has 5 aliphatic rings. The highest BCUT2D eigenvalue weighted by Crippen LogP contribution is 2.56. The second-order valence-corrected chi connectivity index (χ2v) is 8.64. The lowest BCUT2D eigenvalue weighted by Crippen LogP contribution is -2.57. The predicted octanol–water partition coefficient (Wildman–Crippen LogP) is 0.494. The average Bonchev–Trinajstić information content (AvgIpc) is 3.27. The van der Waals surface area contributed by atoms with E-state index in [1.807, 2.05) is 12.2 Å². The number of hydrogen-bond donors (Lipinski definition) is 2. The molecule has 1 spiro atoms. The Morgan fingerprint density at radius 2 is 1.89 bits per heavy atom. The van der Waals surface area contributed by atoms with Crippen LogP contribution in [0.2, 0.25) is 0 Å². The Morgan fingerprint density at radius 1 is 1.15 bits per heavy atom. The van der Waals surface area contributed by atoms with Crippen LogP contribution in [0.3, 0.4) is 0 Å². The highest BCUT2D eigenvalue weighted by molar-refractivity contribution is 6.00. The molecule has 0 aromatic heterocycles. The number of likely N-dealkylation sites (tertiary alicyclic amines) is 1. The third-order valence-electron chi connectivity index (χ3n) is 7.00. The summed E-state index contributed by atoms with van der Waals surface area (Å²) >= 11 is 0. The molecule has 27 heavy (non-hydrogen) atoms. The van der Waals surface area contributed by atoms with E-state index in [9.17, 15) is 14.4 Å². The van der Waals surface area contributed by atoms with E-state index in [1.165, 1.54) is 6.42 Å². The number of rotatable bonds is 4. The fourth-order valence-electron chi connectivity index (χ4n) is 5.65. The molecular weight excluding hydrogens is 346 g/mol. The number of carbonyl (C=O) groups is 3. The van der Waals surface area contributed by atoms with Crippen molar-refractivity contribution in [3.05, 3.63) is 12.2 Å². The lowest BCUT2D eigenvalue weighted by Gasteiger charge is -2.34. The van der Waals surface area contributed by atoms with Crippen LogP contribution >= 0.6 is 0 Å². The molecule has 2 saturated carbocycles. The van der Waals surface area contributed by atoms with E-state index in [0.29, 0.717) is 0 Å². The first-order valence-electron chi connectivity index (χ1n) is 10.3. The van der Waals surface area contributed by atoms with Gasteiger partial charge in [0.1, 0.15) is 11.6 Å². The van der Waals surface area contributed by atoms with Crippen LogP contribution in [0, 0.1) is 11.8 Å². The molecule has 0 radical (unpaired) electrons. The van der Waals surface area contributed by atoms with E-state index in [1.54, 1.807) is 11.9 Å². The van der Waals surface area contributed by atoms with Crippen LogP contribution in [0.1, 0.15) is 44.9 Å². The normalized spacial score (nSPS) is 40.3. The lowest BCUT2D eigenvalue weighted by molar-refractivity contribution is -0.142. The standard InChI is InChI=1S/C20H27N3O4/c1-21-17(24)14-13-9-10-20(27-13)15(14)19(26)23(12-7-8-12)16(20)18(25)22-11-5-3-2-4-6-11/h9-16H,2-8H2,1H3,(H,21,24)(H,22,25)/t13-,14+,15+,16-,20+/m0/s1. The van der Waals surface area contributed by atoms with Crippen molar-refractivity contribution in [3.8, 4) is 0 Å². The Kier molecular flexibility index (Phi) is 3.86. The second kappa shape index (κ2) is 6.06. The fourth-order valence-corrected chi connectivity index (χ4v) is 5.65. The molecule has 3 amide bonds. The zero-order valence-corrected chi connectivity index (χ0v) is 15.6. The van der Waals surface area contributed by atoms with Gasteiger partial charge in [0, 0.05) is 19.1 Å². The zero-order chi connectivity index (χ0) is 18.8. The maximum absolute atomic E-state index is 13.4. The van der Waals surface area contributed by atoms with Crippen LogP contribution in [0.15, 0.2) is 12.2 Å². The van der Waals surface area contributed by atoms with Gasteiger partial charge in [0.25, 0.3) is 0 Å². The Labute approximate surface area is 158 Å². The van der Waals surface area contributed by atoms with Gasteiger partial charge in [-0.3, -0.25) is 14.4 Å². The van der Waals surface area contributed by atoms with Crippen LogP contribution in [0.25, 0.3) is 0 Å². The number of ether oxygens (including phenoxy) is 1. The van der Waals surface area contributed by atoms with Crippen molar-refractivity contribution >= 4 is 17.7 Å². The van der Waals surface area contributed by atoms with Crippen molar-refractivity contribution < 1.29 is 19.1 Å². The van der Waals surface area contributed by atoms with Crippen LogP contribution in [-0.4, -0.2) is 59.5 Å². The van der Waals surface area contributed by atoms with Crippen LogP contribution in [0.5, 0.6) is 0 Å². The van der Waals surface area contributed by atoms with Gasteiger partial charge in [0.2, 0.25) is 17.7 Å². The first-order valence-corrected chi connectivity index (χ1v) is 10.3. The summed E-state index contributed by atoms with van der Waals surface area (Å²) in [6, 6.07) is -0.392. The summed E-state index contributed by atoms with van der Waals surface area (Å²) < 4.78 is 6.23. The highest BCUT2D eigenvalue weighted by Gasteiger charge is 2.74. The van der Waals surface area contributed by atoms with Gasteiger partial charge in [-0.25, -0.2) is 0 Å². The van der Waals surface area contributed by atoms with Crippen LogP contribution in [0.4, 0.5) is 0 Å². The molecule has 2 saturated heterocycles. The van der Waals surface area contributed by atoms with E-state index in [-0.39, 0.29) is 29.8 Å². The molecule has 4 fully saturated rings. The second-order valence-electron chi connectivity index (χ2n) is 8.64. The molecule has 0 aromatic carbocycles. The first kappa shape index (κ1) is 17.2. The van der Waals surface area contributed by atoms with Crippen molar-refractivity contribution in [1.29, 1.82) is 0 Å². The van der Waals surface area contributed by atoms with Crippen LogP contribution < -0.4 is 10.6 Å². The topological polar surface area (TPSA) is 87.7 Å². The predicted molar refractivity (Wildman–Crippen MR) is 96.5 cm³/mol. The highest BCUT2D eigenvalue weighted by atomic mass is 16.5. The van der Waals surface area contributed by atoms with E-state index in [2.05, 4.69) is 10.6 Å². The molecule has 2 bridgehead atoms. The van der Waals surface area contributed by atoms with Crippen molar-refractivity contribution in [1.82, 2.24) is 15.5 Å². The smallest absolute Gasteiger partial charge is 0.246 e. The maximum Gasteiger partial charge on any atom is 0.246 e. The summed E-state index contributed by atoms with van der Waals surface area (Å²) in [6.45, 7) is 0. The van der Waals surface area contributed by atoms with Gasteiger partial charge in [-0.2, -0.15) is 0 Å². The summed E-state index contributed by atoms with van der Waals surface area (Å²) in [5.74, 6) is -1.56. The minimum absolute atomic E-state index is 0.0956. The Hall–Kier alpha value is -1.89. The number of hydrogen-bond acceptors (Lipinski definition) is 4. The van der Waals surface area contributed by atoms with Crippen molar-refractivity contribution in [2.24, 2.45) is 11.8 Å². The molecule has 3 aliphatic heterocycles. The Bertz CT molecular complexity index is 712. The molecule has 3 heterocycles. The van der Waals surface area contributed by atoms with E-state index in [0.717, 1.165) is 38.5 Å². The van der Waals surface area contributed by atoms with E-state index in [4.69, 9.17) is 4.74 Å². The largest absolute Gasteiger partial charge is 0.359 e. The fraction of sp³-hybridized carbons (Fsp3) is 0.750. The number of nitrogens with zero attached hydrogens (tertiary/aromatic N) is 1. The monoisotopic (exact) mass is 373 g/mol. The lowest BCUT2D eigenvalue weighted by atomic mass is 9.74. The molecule has 0 unspecified atom stereocenters. The number of nitrogens with one attached hydrogen (secondary N) is 2. The quantitative estimate of drug-likeness (QED) is 0.703. The summed E-state index contributed by atoms with van der Waals surface area (Å²) in [4.78, 5) is 40.9. The van der Waals surface area contributed by atoms with Gasteiger partial charge < -0.3 is 20.3 Å². The van der Waals surface area contributed by atoms with Crippen molar-refractivity contribution in [2.45, 2.75) is 74.8 Å². The summed E-state index contributed by atoms with van der Waals surface area (Å²) in [7, 11) is 1.58. The molecule has 2 aliphatic carbocycles. The molecule has 0 aromatic rings. The molecule has 146 valence electrons. The van der Waals surface area contributed by atoms with Gasteiger partial charge in [-0.05, 0) is 25.7 Å². The summed E-state index contributed by atoms with van der Waals surface area (Å²) in [5.41, 5.74) is -1.000. The van der Waals surface area contributed by atoms with Gasteiger partial charge in [0.15, 0.2) is 0 Å². The van der Waals surface area contributed by atoms with E-state index >= 15 is 0 Å². The third kappa shape index (κ3) is 2.40. The Morgan fingerprint density at radius 3 is 2.56 bits per heavy atom. The van der Waals surface area contributed by atoms with Crippen LogP contribution in [-0.2, 0) is 19.1 Å². The molecule has 7 nitrogen and oxygen atoms in total. The van der Waals surface area contributed by atoms with Gasteiger partial charge in [-0.15, -0.1) is 0 Å². The van der Waals surface area contributed by atoms with Gasteiger partial charge >= 0.3 is 0 Å². The van der Waals surface area contributed by atoms with Crippen molar-refractivity contribution in [3.63, 3.8) is 0 Å². The van der Waals surface area contributed by atoms with Gasteiger partial charge in [-0.1, -0.05) is 31.4 Å². The Balaban J connectivity index is 1.48. The molecule has 2 N–H and O–H groups in total. The summed E-state index contributed by atoms with van der Waals surface area (Å²) in [6.07, 6.45) is 10.6. The van der Waals surface area contributed by atoms with Gasteiger partial charge in [0.05, 0.1) is 17.9 Å². The van der Waals surface area contributed by atoms with E-state index < -0.39 is 29.6 Å². The zero-order valence-electron chi connectivity index (χ0n) is 15.6. The number of carbonyl (C=O) groups excluding carboxylic acids is 3. The number of amides is 3. The molecule has 5 rings (SSSR count). The third-order valence-corrected chi connectivity index (χ3v) is 7.00. The molecular formula is C20H27N3O4. The molecule has 5 atom stereocenters. The molecule has 7 heteroatoms. The first-order chi connectivity index (χ1) is 13.1. The minimum Gasteiger partial charge on any atom is -0.359 e. The maximum atomic E-state index is 13.4. The number of fused-ring (bicyclic) bond motifs is 1. The average molecular weight is 373 g/mol. The SMILES string of the molecule is CNC(=O)[C@@H]1[C@@H]2C=C[C@]3(O2)[C@H](C(=O)NC2CCCCC2)N(C2CC2)C(=O)[C@@H]13.